The number of carboxylic acids is 1. The average molecular weight is 348 g/mol. The highest BCUT2D eigenvalue weighted by Gasteiger charge is 2.44. The molecule has 130 valence electrons. The molecule has 0 bridgehead atoms. The number of likely N-dealkylation sites (tertiary alicyclic amines) is 1. The van der Waals surface area contributed by atoms with Crippen LogP contribution in [0.4, 0.5) is 0 Å². The Balaban J connectivity index is 1.83. The zero-order valence-corrected chi connectivity index (χ0v) is 14.8. The van der Waals surface area contributed by atoms with Gasteiger partial charge < -0.3 is 10.0 Å². The van der Waals surface area contributed by atoms with Gasteiger partial charge in [0.05, 0.1) is 5.41 Å². The molecule has 2 saturated heterocycles. The van der Waals surface area contributed by atoms with Crippen molar-refractivity contribution in [2.45, 2.75) is 19.4 Å². The number of rotatable bonds is 4. The van der Waals surface area contributed by atoms with Crippen LogP contribution in [0.5, 0.6) is 0 Å². The second-order valence-electron chi connectivity index (χ2n) is 6.84. The Morgan fingerprint density at radius 2 is 1.83 bits per heavy atom. The summed E-state index contributed by atoms with van der Waals surface area (Å²) in [7, 11) is 0. The topological polar surface area (TPSA) is 60.9 Å². The second-order valence-corrected chi connectivity index (χ2v) is 8.06. The highest BCUT2D eigenvalue weighted by Crippen LogP contribution is 2.34. The summed E-state index contributed by atoms with van der Waals surface area (Å²) < 4.78 is 0. The van der Waals surface area contributed by atoms with Gasteiger partial charge in [0.15, 0.2) is 0 Å². The molecule has 2 unspecified atom stereocenters. The number of benzene rings is 1. The number of carbonyl (C=O) groups excluding carboxylic acids is 1. The first kappa shape index (κ1) is 17.3. The summed E-state index contributed by atoms with van der Waals surface area (Å²) in [5.41, 5.74) is 0.174. The van der Waals surface area contributed by atoms with E-state index >= 15 is 0 Å². The fourth-order valence-electron chi connectivity index (χ4n) is 3.48. The largest absolute Gasteiger partial charge is 0.481 e. The van der Waals surface area contributed by atoms with Crippen LogP contribution in [0.25, 0.3) is 0 Å². The third kappa shape index (κ3) is 3.44. The zero-order valence-electron chi connectivity index (χ0n) is 14.0. The summed E-state index contributed by atoms with van der Waals surface area (Å²) in [6, 6.07) is 9.56. The maximum atomic E-state index is 13.2. The lowest BCUT2D eigenvalue weighted by molar-refractivity contribution is -0.147. The van der Waals surface area contributed by atoms with Crippen LogP contribution in [-0.2, 0) is 9.59 Å². The fourth-order valence-corrected chi connectivity index (χ4v) is 4.41. The molecule has 1 aromatic carbocycles. The number of carbonyl (C=O) groups is 2. The van der Waals surface area contributed by atoms with E-state index in [1.807, 2.05) is 42.1 Å². The third-order valence-corrected chi connectivity index (χ3v) is 6.00. The van der Waals surface area contributed by atoms with Crippen molar-refractivity contribution in [2.24, 2.45) is 5.41 Å². The van der Waals surface area contributed by atoms with Crippen molar-refractivity contribution < 1.29 is 14.7 Å². The van der Waals surface area contributed by atoms with E-state index in [9.17, 15) is 14.7 Å². The second kappa shape index (κ2) is 7.15. The van der Waals surface area contributed by atoms with E-state index in [0.29, 0.717) is 19.5 Å². The summed E-state index contributed by atoms with van der Waals surface area (Å²) in [6.45, 7) is 4.33. The number of thioether (sulfide) groups is 1. The summed E-state index contributed by atoms with van der Waals surface area (Å²) in [5.74, 6) is 1.29. The Labute approximate surface area is 147 Å². The van der Waals surface area contributed by atoms with Gasteiger partial charge in [0, 0.05) is 37.7 Å². The highest BCUT2D eigenvalue weighted by molar-refractivity contribution is 7.99. The van der Waals surface area contributed by atoms with Gasteiger partial charge >= 0.3 is 5.97 Å². The lowest BCUT2D eigenvalue weighted by atomic mass is 9.90. The summed E-state index contributed by atoms with van der Waals surface area (Å²) in [4.78, 5) is 28.7. The van der Waals surface area contributed by atoms with Crippen LogP contribution in [0.3, 0.4) is 0 Å². The minimum Gasteiger partial charge on any atom is -0.481 e. The van der Waals surface area contributed by atoms with Gasteiger partial charge in [-0.15, -0.1) is 0 Å². The van der Waals surface area contributed by atoms with E-state index in [0.717, 1.165) is 30.2 Å². The fraction of sp³-hybridized carbons (Fsp3) is 0.556. The predicted octanol–water partition coefficient (Wildman–Crippen LogP) is 2.10. The van der Waals surface area contributed by atoms with Gasteiger partial charge in [-0.25, -0.2) is 0 Å². The number of aliphatic carboxylic acids is 1. The molecule has 0 saturated carbocycles. The SMILES string of the molecule is CC1(C(=O)O)CCN(C(=O)C(c2ccccc2)N2CCSCC2)C1. The van der Waals surface area contributed by atoms with Crippen molar-refractivity contribution in [3.05, 3.63) is 35.9 Å². The Morgan fingerprint density at radius 3 is 2.42 bits per heavy atom. The number of carboxylic acid groups (broad SMARTS) is 1. The van der Waals surface area contributed by atoms with Crippen LogP contribution in [0, 0.1) is 5.41 Å². The molecule has 2 aliphatic heterocycles. The lowest BCUT2D eigenvalue weighted by Gasteiger charge is -2.36. The van der Waals surface area contributed by atoms with Crippen LogP contribution in [0.15, 0.2) is 30.3 Å². The Kier molecular flexibility index (Phi) is 5.15. The summed E-state index contributed by atoms with van der Waals surface area (Å²) in [5, 5.41) is 9.43. The lowest BCUT2D eigenvalue weighted by Crippen LogP contribution is -2.46. The number of hydrogen-bond donors (Lipinski definition) is 1. The molecule has 2 heterocycles. The van der Waals surface area contributed by atoms with Crippen LogP contribution in [-0.4, -0.2) is 64.5 Å². The van der Waals surface area contributed by atoms with Gasteiger partial charge in [0.1, 0.15) is 6.04 Å². The standard InChI is InChI=1S/C18H24N2O3S/c1-18(17(22)23)7-8-20(13-18)16(21)15(14-5-3-2-4-6-14)19-9-11-24-12-10-19/h2-6,15H,7-13H2,1H3,(H,22,23). The molecule has 2 aliphatic rings. The molecule has 1 N–H and O–H groups in total. The molecule has 6 heteroatoms. The molecular weight excluding hydrogens is 324 g/mol. The van der Waals surface area contributed by atoms with Crippen LogP contribution < -0.4 is 0 Å². The molecule has 5 nitrogen and oxygen atoms in total. The minimum atomic E-state index is -0.825. The predicted molar refractivity (Wildman–Crippen MR) is 95.0 cm³/mol. The van der Waals surface area contributed by atoms with Crippen molar-refractivity contribution in [3.8, 4) is 0 Å². The minimum absolute atomic E-state index is 0.0399. The zero-order chi connectivity index (χ0) is 17.2. The molecule has 1 aromatic rings. The van der Waals surface area contributed by atoms with E-state index in [-0.39, 0.29) is 11.9 Å². The third-order valence-electron chi connectivity index (χ3n) is 5.06. The van der Waals surface area contributed by atoms with Crippen molar-refractivity contribution in [1.82, 2.24) is 9.80 Å². The van der Waals surface area contributed by atoms with Crippen molar-refractivity contribution in [3.63, 3.8) is 0 Å². The normalized spacial score (nSPS) is 26.3. The molecule has 2 fully saturated rings. The molecule has 0 aliphatic carbocycles. The van der Waals surface area contributed by atoms with Crippen molar-refractivity contribution in [1.29, 1.82) is 0 Å². The maximum Gasteiger partial charge on any atom is 0.311 e. The summed E-state index contributed by atoms with van der Waals surface area (Å²) >= 11 is 1.91. The molecule has 1 amide bonds. The van der Waals surface area contributed by atoms with Gasteiger partial charge in [-0.2, -0.15) is 11.8 Å². The van der Waals surface area contributed by atoms with Crippen LogP contribution >= 0.6 is 11.8 Å². The van der Waals surface area contributed by atoms with E-state index in [4.69, 9.17) is 0 Å². The van der Waals surface area contributed by atoms with Gasteiger partial charge in [-0.1, -0.05) is 30.3 Å². The molecule has 2 atom stereocenters. The molecule has 0 radical (unpaired) electrons. The number of hydrogen-bond acceptors (Lipinski definition) is 4. The van der Waals surface area contributed by atoms with Crippen molar-refractivity contribution >= 4 is 23.6 Å². The highest BCUT2D eigenvalue weighted by atomic mass is 32.2. The van der Waals surface area contributed by atoms with Gasteiger partial charge in [-0.05, 0) is 18.9 Å². The number of amides is 1. The Hall–Kier alpha value is -1.53. The first-order valence-electron chi connectivity index (χ1n) is 8.40. The van der Waals surface area contributed by atoms with Crippen LogP contribution in [0.2, 0.25) is 0 Å². The van der Waals surface area contributed by atoms with E-state index in [1.54, 1.807) is 11.8 Å². The quantitative estimate of drug-likeness (QED) is 0.903. The molecule has 3 rings (SSSR count). The first-order chi connectivity index (χ1) is 11.5. The van der Waals surface area contributed by atoms with Crippen molar-refractivity contribution in [2.75, 3.05) is 37.7 Å². The van der Waals surface area contributed by atoms with E-state index < -0.39 is 11.4 Å². The van der Waals surface area contributed by atoms with E-state index in [1.165, 1.54) is 0 Å². The average Bonchev–Trinajstić information content (AvgIpc) is 3.01. The number of nitrogens with zero attached hydrogens (tertiary/aromatic N) is 2. The maximum absolute atomic E-state index is 13.2. The molecule has 0 aromatic heterocycles. The summed E-state index contributed by atoms with van der Waals surface area (Å²) in [6.07, 6.45) is 0.519. The molecule has 24 heavy (non-hydrogen) atoms. The van der Waals surface area contributed by atoms with Gasteiger partial charge in [0.25, 0.3) is 0 Å². The van der Waals surface area contributed by atoms with Gasteiger partial charge in [-0.3, -0.25) is 14.5 Å². The Bertz CT molecular complexity index is 604. The van der Waals surface area contributed by atoms with E-state index in [2.05, 4.69) is 4.90 Å². The smallest absolute Gasteiger partial charge is 0.311 e. The van der Waals surface area contributed by atoms with Crippen LogP contribution in [0.1, 0.15) is 24.9 Å². The Morgan fingerprint density at radius 1 is 1.17 bits per heavy atom. The monoisotopic (exact) mass is 348 g/mol. The molecule has 0 spiro atoms. The first-order valence-corrected chi connectivity index (χ1v) is 9.56. The molecular formula is C18H24N2O3S. The van der Waals surface area contributed by atoms with Gasteiger partial charge in [0.2, 0.25) is 5.91 Å².